The predicted molar refractivity (Wildman–Crippen MR) is 103 cm³/mol. The molecule has 2 amide bonds. The fourth-order valence-corrected chi connectivity index (χ4v) is 3.44. The van der Waals surface area contributed by atoms with Crippen molar-refractivity contribution < 1.29 is 4.79 Å². The molecule has 0 bridgehead atoms. The number of benzene rings is 1. The van der Waals surface area contributed by atoms with E-state index < -0.39 is 0 Å². The van der Waals surface area contributed by atoms with Crippen molar-refractivity contribution in [3.8, 4) is 0 Å². The van der Waals surface area contributed by atoms with Crippen LogP contribution in [0.5, 0.6) is 0 Å². The Morgan fingerprint density at radius 3 is 2.36 bits per heavy atom. The van der Waals surface area contributed by atoms with E-state index in [1.807, 2.05) is 0 Å². The summed E-state index contributed by atoms with van der Waals surface area (Å²) in [5.41, 5.74) is 1.39. The highest BCUT2D eigenvalue weighted by Gasteiger charge is 2.15. The lowest BCUT2D eigenvalue weighted by molar-refractivity contribution is 0.244. The van der Waals surface area contributed by atoms with Gasteiger partial charge in [-0.3, -0.25) is 0 Å². The quantitative estimate of drug-likeness (QED) is 0.649. The number of halogens is 2. The summed E-state index contributed by atoms with van der Waals surface area (Å²) in [6, 6.07) is 8.86. The second-order valence-electron chi connectivity index (χ2n) is 6.15. The number of rotatable bonds is 4. The van der Waals surface area contributed by atoms with Crippen LogP contribution in [0.15, 0.2) is 36.5 Å². The summed E-state index contributed by atoms with van der Waals surface area (Å²) in [4.78, 5) is 16.3. The van der Waals surface area contributed by atoms with E-state index in [2.05, 4.69) is 20.9 Å². The maximum atomic E-state index is 12.0. The molecule has 0 atom stereocenters. The maximum absolute atomic E-state index is 12.0. The van der Waals surface area contributed by atoms with Crippen LogP contribution in [0, 0.1) is 0 Å². The van der Waals surface area contributed by atoms with Gasteiger partial charge in [-0.2, -0.15) is 0 Å². The van der Waals surface area contributed by atoms with Gasteiger partial charge in [-0.1, -0.05) is 42.5 Å². The van der Waals surface area contributed by atoms with Gasteiger partial charge in [0.15, 0.2) is 0 Å². The molecule has 2 aromatic rings. The number of nitrogens with zero attached hydrogens (tertiary/aromatic N) is 1. The first-order valence-corrected chi connectivity index (χ1v) is 9.11. The number of hydrogen-bond donors (Lipinski definition) is 3. The van der Waals surface area contributed by atoms with E-state index in [0.717, 1.165) is 18.5 Å². The van der Waals surface area contributed by atoms with Crippen LogP contribution in [0.4, 0.5) is 22.0 Å². The maximum Gasteiger partial charge on any atom is 0.319 e. The molecular formula is C18H20Cl2N4O. The SMILES string of the molecule is O=C(Nc1ccc(Nc2cc(Cl)cc(Cl)c2)nc1)NC1CCCCC1. The molecule has 1 fully saturated rings. The largest absolute Gasteiger partial charge is 0.340 e. The molecule has 7 heteroatoms. The molecule has 25 heavy (non-hydrogen) atoms. The molecular weight excluding hydrogens is 359 g/mol. The average Bonchev–Trinajstić information content (AvgIpc) is 2.56. The van der Waals surface area contributed by atoms with Gasteiger partial charge in [0, 0.05) is 21.8 Å². The predicted octanol–water partition coefficient (Wildman–Crippen LogP) is 5.59. The molecule has 1 aliphatic carbocycles. The Morgan fingerprint density at radius 2 is 1.72 bits per heavy atom. The van der Waals surface area contributed by atoms with Gasteiger partial charge in [0.25, 0.3) is 0 Å². The summed E-state index contributed by atoms with van der Waals surface area (Å²) in [5, 5.41) is 10.0. The number of carbonyl (C=O) groups excluding carboxylic acids is 1. The molecule has 0 spiro atoms. The monoisotopic (exact) mass is 378 g/mol. The zero-order valence-corrected chi connectivity index (χ0v) is 15.2. The first-order chi connectivity index (χ1) is 12.1. The van der Waals surface area contributed by atoms with Crippen molar-refractivity contribution in [2.45, 2.75) is 38.1 Å². The highest BCUT2D eigenvalue weighted by atomic mass is 35.5. The van der Waals surface area contributed by atoms with Gasteiger partial charge in [0.05, 0.1) is 11.9 Å². The summed E-state index contributed by atoms with van der Waals surface area (Å²) < 4.78 is 0. The minimum Gasteiger partial charge on any atom is -0.340 e. The molecule has 0 radical (unpaired) electrons. The molecule has 1 aromatic heterocycles. The van der Waals surface area contributed by atoms with Crippen molar-refractivity contribution in [3.63, 3.8) is 0 Å². The van der Waals surface area contributed by atoms with Gasteiger partial charge < -0.3 is 16.0 Å². The number of amides is 2. The Labute approximate surface area is 157 Å². The first-order valence-electron chi connectivity index (χ1n) is 8.35. The summed E-state index contributed by atoms with van der Waals surface area (Å²) in [6.45, 7) is 0. The Balaban J connectivity index is 1.55. The Hall–Kier alpha value is -1.98. The van der Waals surface area contributed by atoms with E-state index in [-0.39, 0.29) is 12.1 Å². The minimum atomic E-state index is -0.184. The van der Waals surface area contributed by atoms with Gasteiger partial charge in [0.1, 0.15) is 5.82 Å². The molecule has 132 valence electrons. The van der Waals surface area contributed by atoms with Crippen LogP contribution in [0.3, 0.4) is 0 Å². The van der Waals surface area contributed by atoms with E-state index in [1.54, 1.807) is 36.5 Å². The van der Waals surface area contributed by atoms with Gasteiger partial charge in [-0.25, -0.2) is 9.78 Å². The third kappa shape index (κ3) is 5.51. The van der Waals surface area contributed by atoms with E-state index in [0.29, 0.717) is 21.6 Å². The van der Waals surface area contributed by atoms with Crippen LogP contribution in [0.25, 0.3) is 0 Å². The van der Waals surface area contributed by atoms with Crippen LogP contribution in [-0.4, -0.2) is 17.1 Å². The number of anilines is 3. The van der Waals surface area contributed by atoms with Crippen molar-refractivity contribution in [1.29, 1.82) is 0 Å². The third-order valence-corrected chi connectivity index (χ3v) is 4.53. The van der Waals surface area contributed by atoms with Gasteiger partial charge >= 0.3 is 6.03 Å². The van der Waals surface area contributed by atoms with Crippen molar-refractivity contribution >= 4 is 46.4 Å². The summed E-state index contributed by atoms with van der Waals surface area (Å²) >= 11 is 12.0. The number of nitrogens with one attached hydrogen (secondary N) is 3. The van der Waals surface area contributed by atoms with E-state index >= 15 is 0 Å². The van der Waals surface area contributed by atoms with Crippen molar-refractivity contribution in [2.75, 3.05) is 10.6 Å². The van der Waals surface area contributed by atoms with Crippen molar-refractivity contribution in [3.05, 3.63) is 46.6 Å². The third-order valence-electron chi connectivity index (χ3n) is 4.10. The lowest BCUT2D eigenvalue weighted by Gasteiger charge is -2.22. The van der Waals surface area contributed by atoms with Gasteiger partial charge in [-0.15, -0.1) is 0 Å². The second kappa shape index (κ2) is 8.41. The lowest BCUT2D eigenvalue weighted by atomic mass is 9.96. The average molecular weight is 379 g/mol. The molecule has 1 saturated carbocycles. The zero-order chi connectivity index (χ0) is 17.6. The summed E-state index contributed by atoms with van der Waals surface area (Å²) in [7, 11) is 0. The van der Waals surface area contributed by atoms with Gasteiger partial charge in [-0.05, 0) is 43.2 Å². The lowest BCUT2D eigenvalue weighted by Crippen LogP contribution is -2.39. The summed E-state index contributed by atoms with van der Waals surface area (Å²) in [6.07, 6.45) is 7.33. The molecule has 0 saturated heterocycles. The first kappa shape index (κ1) is 17.8. The van der Waals surface area contributed by atoms with Crippen molar-refractivity contribution in [2.24, 2.45) is 0 Å². The number of aromatic nitrogens is 1. The molecule has 5 nitrogen and oxygen atoms in total. The highest BCUT2D eigenvalue weighted by Crippen LogP contribution is 2.25. The Morgan fingerprint density at radius 1 is 1.00 bits per heavy atom. The van der Waals surface area contributed by atoms with Crippen LogP contribution in [0.2, 0.25) is 10.0 Å². The normalized spacial score (nSPS) is 14.8. The van der Waals surface area contributed by atoms with E-state index in [4.69, 9.17) is 23.2 Å². The van der Waals surface area contributed by atoms with Gasteiger partial charge in [0.2, 0.25) is 0 Å². The van der Waals surface area contributed by atoms with Crippen LogP contribution in [0.1, 0.15) is 32.1 Å². The molecule has 0 unspecified atom stereocenters. The standard InChI is InChI=1S/C18H20Cl2N4O/c19-12-8-13(20)10-16(9-12)22-17-7-6-15(11-21-17)24-18(25)23-14-4-2-1-3-5-14/h6-11,14H,1-5H2,(H,21,22)(H2,23,24,25). The molecule has 0 aliphatic heterocycles. The topological polar surface area (TPSA) is 66.0 Å². The molecule has 3 N–H and O–H groups in total. The zero-order valence-electron chi connectivity index (χ0n) is 13.7. The number of hydrogen-bond acceptors (Lipinski definition) is 3. The smallest absolute Gasteiger partial charge is 0.319 e. The number of urea groups is 1. The van der Waals surface area contributed by atoms with Crippen molar-refractivity contribution in [1.82, 2.24) is 10.3 Å². The Kier molecular flexibility index (Phi) is 6.00. The number of carbonyl (C=O) groups is 1. The van der Waals surface area contributed by atoms with Crippen LogP contribution >= 0.6 is 23.2 Å². The van der Waals surface area contributed by atoms with E-state index in [1.165, 1.54) is 19.3 Å². The fourth-order valence-electron chi connectivity index (χ4n) is 2.92. The Bertz CT molecular complexity index is 710. The summed E-state index contributed by atoms with van der Waals surface area (Å²) in [5.74, 6) is 0.636. The molecule has 1 aromatic carbocycles. The fraction of sp³-hybridized carbons (Fsp3) is 0.333. The minimum absolute atomic E-state index is 0.184. The molecule has 3 rings (SSSR count). The van der Waals surface area contributed by atoms with Crippen LogP contribution in [-0.2, 0) is 0 Å². The second-order valence-corrected chi connectivity index (χ2v) is 7.02. The highest BCUT2D eigenvalue weighted by molar-refractivity contribution is 6.35. The molecule has 1 aliphatic rings. The molecule has 1 heterocycles. The van der Waals surface area contributed by atoms with Crippen LogP contribution < -0.4 is 16.0 Å². The van der Waals surface area contributed by atoms with E-state index in [9.17, 15) is 4.79 Å². The number of pyridine rings is 1.